The number of hydrogen-bond acceptors (Lipinski definition) is 3. The zero-order valence-corrected chi connectivity index (χ0v) is 10.9. The van der Waals surface area contributed by atoms with E-state index in [1.165, 1.54) is 0 Å². The molecule has 4 nitrogen and oxygen atoms in total. The van der Waals surface area contributed by atoms with Crippen molar-refractivity contribution in [3.8, 4) is 17.0 Å². The average Bonchev–Trinajstić information content (AvgIpc) is 2.90. The molecule has 1 aromatic carbocycles. The minimum absolute atomic E-state index is 0.855. The molecule has 2 heterocycles. The standard InChI is InChI=1S/C15H15N3O/c1-16-12-5-8-15-17-9-14(18(15)10-12)11-3-6-13(19-2)7-4-11/h3-10,16H,1-2H3. The molecule has 3 aromatic rings. The summed E-state index contributed by atoms with van der Waals surface area (Å²) < 4.78 is 7.26. The molecular formula is C15H15N3O. The van der Waals surface area contributed by atoms with E-state index < -0.39 is 0 Å². The Bertz CT molecular complexity index is 701. The van der Waals surface area contributed by atoms with E-state index in [-0.39, 0.29) is 0 Å². The van der Waals surface area contributed by atoms with Crippen molar-refractivity contribution in [2.45, 2.75) is 0 Å². The number of nitrogens with zero attached hydrogens (tertiary/aromatic N) is 2. The molecule has 0 aliphatic carbocycles. The second-order valence-electron chi connectivity index (χ2n) is 4.27. The normalized spacial score (nSPS) is 10.6. The molecule has 0 bridgehead atoms. The van der Waals surface area contributed by atoms with Gasteiger partial charge in [0.25, 0.3) is 0 Å². The molecule has 0 spiro atoms. The number of benzene rings is 1. The predicted octanol–water partition coefficient (Wildman–Crippen LogP) is 3.05. The minimum atomic E-state index is 0.855. The van der Waals surface area contributed by atoms with Crippen molar-refractivity contribution >= 4 is 11.3 Å². The van der Waals surface area contributed by atoms with Crippen LogP contribution in [0.1, 0.15) is 0 Å². The van der Waals surface area contributed by atoms with Crippen LogP contribution in [-0.2, 0) is 0 Å². The van der Waals surface area contributed by atoms with Crippen LogP contribution in [0.3, 0.4) is 0 Å². The molecule has 0 radical (unpaired) electrons. The summed E-state index contributed by atoms with van der Waals surface area (Å²) in [5.41, 5.74) is 4.17. The first-order chi connectivity index (χ1) is 9.31. The van der Waals surface area contributed by atoms with Crippen molar-refractivity contribution in [1.29, 1.82) is 0 Å². The second kappa shape index (κ2) is 4.65. The monoisotopic (exact) mass is 253 g/mol. The van der Waals surface area contributed by atoms with Gasteiger partial charge < -0.3 is 10.1 Å². The molecule has 0 amide bonds. The van der Waals surface area contributed by atoms with Crippen molar-refractivity contribution in [2.75, 3.05) is 19.5 Å². The fourth-order valence-electron chi connectivity index (χ4n) is 2.10. The quantitative estimate of drug-likeness (QED) is 0.779. The van der Waals surface area contributed by atoms with E-state index in [9.17, 15) is 0 Å². The van der Waals surface area contributed by atoms with Gasteiger partial charge in [0.15, 0.2) is 0 Å². The molecule has 0 aliphatic rings. The van der Waals surface area contributed by atoms with Gasteiger partial charge in [-0.2, -0.15) is 0 Å². The lowest BCUT2D eigenvalue weighted by molar-refractivity contribution is 0.415. The number of aromatic nitrogens is 2. The average molecular weight is 253 g/mol. The molecule has 96 valence electrons. The van der Waals surface area contributed by atoms with Gasteiger partial charge >= 0.3 is 0 Å². The van der Waals surface area contributed by atoms with E-state index in [2.05, 4.69) is 14.7 Å². The van der Waals surface area contributed by atoms with Gasteiger partial charge in [0.1, 0.15) is 11.4 Å². The molecule has 0 unspecified atom stereocenters. The lowest BCUT2D eigenvalue weighted by Gasteiger charge is -2.06. The lowest BCUT2D eigenvalue weighted by Crippen LogP contribution is -1.93. The van der Waals surface area contributed by atoms with Gasteiger partial charge in [0, 0.05) is 18.8 Å². The Labute approximate surface area is 111 Å². The molecular weight excluding hydrogens is 238 g/mol. The Morgan fingerprint density at radius 3 is 2.58 bits per heavy atom. The highest BCUT2D eigenvalue weighted by atomic mass is 16.5. The highest BCUT2D eigenvalue weighted by Crippen LogP contribution is 2.24. The number of anilines is 1. The zero-order chi connectivity index (χ0) is 13.2. The summed E-state index contributed by atoms with van der Waals surface area (Å²) >= 11 is 0. The van der Waals surface area contributed by atoms with Crippen LogP contribution in [-0.4, -0.2) is 23.5 Å². The van der Waals surface area contributed by atoms with E-state index in [1.54, 1.807) is 7.11 Å². The van der Waals surface area contributed by atoms with Crippen LogP contribution in [0.15, 0.2) is 48.8 Å². The van der Waals surface area contributed by atoms with E-state index in [4.69, 9.17) is 4.74 Å². The van der Waals surface area contributed by atoms with Crippen LogP contribution in [0.2, 0.25) is 0 Å². The molecule has 19 heavy (non-hydrogen) atoms. The smallest absolute Gasteiger partial charge is 0.137 e. The Kier molecular flexibility index (Phi) is 2.83. The summed E-state index contributed by atoms with van der Waals surface area (Å²) in [6.07, 6.45) is 3.93. The highest BCUT2D eigenvalue weighted by molar-refractivity contribution is 5.65. The van der Waals surface area contributed by atoms with E-state index >= 15 is 0 Å². The first-order valence-corrected chi connectivity index (χ1v) is 6.11. The van der Waals surface area contributed by atoms with Crippen LogP contribution >= 0.6 is 0 Å². The molecule has 0 saturated heterocycles. The fourth-order valence-corrected chi connectivity index (χ4v) is 2.10. The number of methoxy groups -OCH3 is 1. The van der Waals surface area contributed by atoms with Gasteiger partial charge in [-0.25, -0.2) is 4.98 Å². The number of fused-ring (bicyclic) bond motifs is 1. The highest BCUT2D eigenvalue weighted by Gasteiger charge is 2.06. The Morgan fingerprint density at radius 1 is 1.11 bits per heavy atom. The van der Waals surface area contributed by atoms with Gasteiger partial charge in [-0.15, -0.1) is 0 Å². The topological polar surface area (TPSA) is 38.6 Å². The summed E-state index contributed by atoms with van der Waals surface area (Å²) in [6.45, 7) is 0. The number of imidazole rings is 1. The molecule has 2 aromatic heterocycles. The molecule has 4 heteroatoms. The number of rotatable bonds is 3. The summed E-state index contributed by atoms with van der Waals surface area (Å²) in [4.78, 5) is 4.42. The zero-order valence-electron chi connectivity index (χ0n) is 10.9. The number of nitrogens with one attached hydrogen (secondary N) is 1. The molecule has 0 atom stereocenters. The molecule has 3 rings (SSSR count). The maximum Gasteiger partial charge on any atom is 0.137 e. The Balaban J connectivity index is 2.12. The third kappa shape index (κ3) is 2.01. The molecule has 0 aliphatic heterocycles. The third-order valence-electron chi connectivity index (χ3n) is 3.18. The fraction of sp³-hybridized carbons (Fsp3) is 0.133. The summed E-state index contributed by atoms with van der Waals surface area (Å²) in [5.74, 6) is 0.855. The summed E-state index contributed by atoms with van der Waals surface area (Å²) in [5, 5.41) is 3.14. The summed E-state index contributed by atoms with van der Waals surface area (Å²) in [7, 11) is 3.58. The van der Waals surface area contributed by atoms with Crippen LogP contribution < -0.4 is 10.1 Å². The second-order valence-corrected chi connectivity index (χ2v) is 4.27. The van der Waals surface area contributed by atoms with Gasteiger partial charge in [0.05, 0.1) is 24.7 Å². The number of ether oxygens (including phenoxy) is 1. The van der Waals surface area contributed by atoms with E-state index in [0.717, 1.165) is 28.3 Å². The van der Waals surface area contributed by atoms with Gasteiger partial charge in [-0.3, -0.25) is 4.40 Å². The molecule has 1 N–H and O–H groups in total. The molecule has 0 fully saturated rings. The first kappa shape index (κ1) is 11.6. The van der Waals surface area contributed by atoms with Crippen molar-refractivity contribution in [1.82, 2.24) is 9.38 Å². The van der Waals surface area contributed by atoms with Crippen LogP contribution in [0.25, 0.3) is 16.9 Å². The largest absolute Gasteiger partial charge is 0.497 e. The van der Waals surface area contributed by atoms with Crippen LogP contribution in [0.5, 0.6) is 5.75 Å². The maximum atomic E-state index is 5.18. The van der Waals surface area contributed by atoms with Crippen molar-refractivity contribution in [3.63, 3.8) is 0 Å². The van der Waals surface area contributed by atoms with Crippen LogP contribution in [0.4, 0.5) is 5.69 Å². The van der Waals surface area contributed by atoms with Crippen molar-refractivity contribution in [3.05, 3.63) is 48.8 Å². The van der Waals surface area contributed by atoms with E-state index in [0.29, 0.717) is 0 Å². The van der Waals surface area contributed by atoms with Gasteiger partial charge in [0.2, 0.25) is 0 Å². The minimum Gasteiger partial charge on any atom is -0.497 e. The van der Waals surface area contributed by atoms with E-state index in [1.807, 2.05) is 55.8 Å². The summed E-state index contributed by atoms with van der Waals surface area (Å²) in [6, 6.07) is 12.0. The Morgan fingerprint density at radius 2 is 1.89 bits per heavy atom. The van der Waals surface area contributed by atoms with Gasteiger partial charge in [-0.1, -0.05) is 0 Å². The number of hydrogen-bond donors (Lipinski definition) is 1. The van der Waals surface area contributed by atoms with Gasteiger partial charge in [-0.05, 0) is 36.4 Å². The first-order valence-electron chi connectivity index (χ1n) is 6.11. The maximum absolute atomic E-state index is 5.18. The van der Waals surface area contributed by atoms with Crippen LogP contribution in [0, 0.1) is 0 Å². The third-order valence-corrected chi connectivity index (χ3v) is 3.18. The SMILES string of the molecule is CNc1ccc2ncc(-c3ccc(OC)cc3)n2c1. The lowest BCUT2D eigenvalue weighted by atomic mass is 10.1. The predicted molar refractivity (Wildman–Crippen MR) is 76.7 cm³/mol. The van der Waals surface area contributed by atoms with Crippen molar-refractivity contribution in [2.24, 2.45) is 0 Å². The number of pyridine rings is 1. The van der Waals surface area contributed by atoms with Crippen molar-refractivity contribution < 1.29 is 4.74 Å². The Hall–Kier alpha value is -2.49. The molecule has 0 saturated carbocycles.